The standard InChI is InChI=1S/C29H33N7O3/c1-30-29(37)39-24-9-5-8-22(18-24)26-32-27(35-14-16-38-17-15-35)25-19-31-36(28(25)33-26)23-10-12-34(13-11-23)20-21-6-3-2-4-7-21/h2-9,18-19,23H,10-17,20H2,1H3,(H,30,37). The second-order valence-corrected chi connectivity index (χ2v) is 9.96. The summed E-state index contributed by atoms with van der Waals surface area (Å²) in [6.07, 6.45) is 3.40. The monoisotopic (exact) mass is 527 g/mol. The molecule has 2 saturated heterocycles. The first-order valence-corrected chi connectivity index (χ1v) is 13.5. The fourth-order valence-corrected chi connectivity index (χ4v) is 5.34. The Morgan fingerprint density at radius 2 is 1.82 bits per heavy atom. The number of piperidine rings is 1. The Hall–Kier alpha value is -4.02. The number of carbonyl (C=O) groups is 1. The van der Waals surface area contributed by atoms with E-state index in [1.54, 1.807) is 12.1 Å². The summed E-state index contributed by atoms with van der Waals surface area (Å²) in [5, 5.41) is 8.28. The molecule has 2 aliphatic rings. The number of ether oxygens (including phenoxy) is 2. The van der Waals surface area contributed by atoms with Crippen LogP contribution in [-0.4, -0.2) is 77.2 Å². The van der Waals surface area contributed by atoms with Crippen molar-refractivity contribution in [1.82, 2.24) is 30.0 Å². The molecule has 10 nitrogen and oxygen atoms in total. The van der Waals surface area contributed by atoms with Crippen LogP contribution in [0.2, 0.25) is 0 Å². The molecule has 2 aromatic carbocycles. The van der Waals surface area contributed by atoms with Crippen LogP contribution in [0.3, 0.4) is 0 Å². The maximum atomic E-state index is 11.8. The van der Waals surface area contributed by atoms with Gasteiger partial charge >= 0.3 is 6.09 Å². The molecule has 202 valence electrons. The van der Waals surface area contributed by atoms with Crippen LogP contribution in [0.4, 0.5) is 10.6 Å². The average molecular weight is 528 g/mol. The van der Waals surface area contributed by atoms with Crippen molar-refractivity contribution in [1.29, 1.82) is 0 Å². The molecular formula is C29H33N7O3. The number of benzene rings is 2. The highest BCUT2D eigenvalue weighted by atomic mass is 16.5. The molecule has 4 aromatic rings. The van der Waals surface area contributed by atoms with Gasteiger partial charge in [0.2, 0.25) is 0 Å². The lowest BCUT2D eigenvalue weighted by atomic mass is 10.0. The summed E-state index contributed by atoms with van der Waals surface area (Å²) in [7, 11) is 1.53. The third-order valence-corrected chi connectivity index (χ3v) is 7.40. The molecule has 2 aromatic heterocycles. The molecule has 6 rings (SSSR count). The van der Waals surface area contributed by atoms with Gasteiger partial charge in [0.1, 0.15) is 11.6 Å². The molecule has 0 bridgehead atoms. The van der Waals surface area contributed by atoms with Crippen LogP contribution in [0, 0.1) is 0 Å². The number of nitrogens with zero attached hydrogens (tertiary/aromatic N) is 6. The second-order valence-electron chi connectivity index (χ2n) is 9.96. The highest BCUT2D eigenvalue weighted by Crippen LogP contribution is 2.33. The fourth-order valence-electron chi connectivity index (χ4n) is 5.34. The summed E-state index contributed by atoms with van der Waals surface area (Å²) in [5.41, 5.74) is 2.95. The summed E-state index contributed by atoms with van der Waals surface area (Å²) in [5.74, 6) is 1.88. The van der Waals surface area contributed by atoms with E-state index in [1.165, 1.54) is 12.6 Å². The quantitative estimate of drug-likeness (QED) is 0.404. The summed E-state index contributed by atoms with van der Waals surface area (Å²) in [6.45, 7) is 5.81. The molecule has 0 aliphatic carbocycles. The summed E-state index contributed by atoms with van der Waals surface area (Å²) in [4.78, 5) is 26.6. The van der Waals surface area contributed by atoms with E-state index in [0.717, 1.165) is 68.0 Å². The van der Waals surface area contributed by atoms with Crippen molar-refractivity contribution in [2.75, 3.05) is 51.3 Å². The minimum absolute atomic E-state index is 0.262. The predicted molar refractivity (Wildman–Crippen MR) is 149 cm³/mol. The molecule has 0 saturated carbocycles. The van der Waals surface area contributed by atoms with Gasteiger partial charge in [-0.2, -0.15) is 5.10 Å². The molecule has 4 heterocycles. The first kappa shape index (κ1) is 25.3. The van der Waals surface area contributed by atoms with Gasteiger partial charge in [0, 0.05) is 45.3 Å². The van der Waals surface area contributed by atoms with E-state index in [1.807, 2.05) is 18.3 Å². The van der Waals surface area contributed by atoms with Crippen molar-refractivity contribution >= 4 is 22.9 Å². The lowest BCUT2D eigenvalue weighted by Crippen LogP contribution is -2.37. The van der Waals surface area contributed by atoms with E-state index in [9.17, 15) is 4.79 Å². The number of fused-ring (bicyclic) bond motifs is 1. The second kappa shape index (κ2) is 11.4. The smallest absolute Gasteiger partial charge is 0.410 e. The van der Waals surface area contributed by atoms with E-state index in [0.29, 0.717) is 24.8 Å². The lowest BCUT2D eigenvalue weighted by Gasteiger charge is -2.32. The Bertz CT molecular complexity index is 1430. The summed E-state index contributed by atoms with van der Waals surface area (Å²) in [6, 6.07) is 18.2. The SMILES string of the molecule is CNC(=O)Oc1cccc(-c2nc(N3CCOCC3)c3cnn(C4CCN(Cc5ccccc5)CC4)c3n2)c1. The molecule has 10 heteroatoms. The zero-order chi connectivity index (χ0) is 26.6. The van der Waals surface area contributed by atoms with Crippen molar-refractivity contribution in [2.45, 2.75) is 25.4 Å². The number of rotatable bonds is 6. The van der Waals surface area contributed by atoms with Crippen LogP contribution in [0.25, 0.3) is 22.4 Å². The fraction of sp³-hybridized carbons (Fsp3) is 0.379. The molecule has 0 unspecified atom stereocenters. The van der Waals surface area contributed by atoms with Crippen LogP contribution in [0.5, 0.6) is 5.75 Å². The van der Waals surface area contributed by atoms with Crippen LogP contribution < -0.4 is 15.0 Å². The molecule has 2 aliphatic heterocycles. The van der Waals surface area contributed by atoms with Gasteiger partial charge in [-0.3, -0.25) is 4.90 Å². The van der Waals surface area contributed by atoms with E-state index in [2.05, 4.69) is 50.1 Å². The number of anilines is 1. The molecular weight excluding hydrogens is 494 g/mol. The number of likely N-dealkylation sites (tertiary alicyclic amines) is 1. The molecule has 1 amide bonds. The minimum atomic E-state index is -0.519. The maximum absolute atomic E-state index is 11.8. The molecule has 0 radical (unpaired) electrons. The van der Waals surface area contributed by atoms with Crippen LogP contribution in [0.1, 0.15) is 24.4 Å². The minimum Gasteiger partial charge on any atom is -0.410 e. The number of nitrogens with one attached hydrogen (secondary N) is 1. The Morgan fingerprint density at radius 1 is 1.03 bits per heavy atom. The van der Waals surface area contributed by atoms with Crippen LogP contribution >= 0.6 is 0 Å². The predicted octanol–water partition coefficient (Wildman–Crippen LogP) is 3.89. The Kier molecular flexibility index (Phi) is 7.38. The van der Waals surface area contributed by atoms with Gasteiger partial charge in [0.05, 0.1) is 30.8 Å². The zero-order valence-electron chi connectivity index (χ0n) is 22.1. The normalized spacial score (nSPS) is 16.9. The summed E-state index contributed by atoms with van der Waals surface area (Å²) < 4.78 is 13.1. The van der Waals surface area contributed by atoms with Crippen molar-refractivity contribution in [3.05, 3.63) is 66.4 Å². The van der Waals surface area contributed by atoms with E-state index in [4.69, 9.17) is 24.5 Å². The Morgan fingerprint density at radius 3 is 2.59 bits per heavy atom. The zero-order valence-corrected chi connectivity index (χ0v) is 22.1. The van der Waals surface area contributed by atoms with Gasteiger partial charge in [-0.25, -0.2) is 19.4 Å². The Labute approximate surface area is 227 Å². The van der Waals surface area contributed by atoms with Crippen molar-refractivity contribution in [2.24, 2.45) is 0 Å². The van der Waals surface area contributed by atoms with Crippen molar-refractivity contribution in [3.63, 3.8) is 0 Å². The number of hydrogen-bond donors (Lipinski definition) is 1. The number of hydrogen-bond acceptors (Lipinski definition) is 8. The van der Waals surface area contributed by atoms with Gasteiger partial charge in [-0.1, -0.05) is 42.5 Å². The number of morpholine rings is 1. The van der Waals surface area contributed by atoms with E-state index < -0.39 is 6.09 Å². The number of aromatic nitrogens is 4. The van der Waals surface area contributed by atoms with Gasteiger partial charge in [-0.05, 0) is 30.5 Å². The number of carbonyl (C=O) groups excluding carboxylic acids is 1. The molecule has 2 fully saturated rings. The maximum Gasteiger partial charge on any atom is 0.412 e. The first-order valence-electron chi connectivity index (χ1n) is 13.5. The summed E-state index contributed by atoms with van der Waals surface area (Å²) >= 11 is 0. The third kappa shape index (κ3) is 5.57. The first-order chi connectivity index (χ1) is 19.2. The van der Waals surface area contributed by atoms with Crippen LogP contribution in [-0.2, 0) is 11.3 Å². The van der Waals surface area contributed by atoms with Gasteiger partial charge in [0.15, 0.2) is 11.5 Å². The van der Waals surface area contributed by atoms with E-state index >= 15 is 0 Å². The van der Waals surface area contributed by atoms with Crippen molar-refractivity contribution in [3.8, 4) is 17.1 Å². The largest absolute Gasteiger partial charge is 0.412 e. The molecule has 39 heavy (non-hydrogen) atoms. The van der Waals surface area contributed by atoms with Crippen molar-refractivity contribution < 1.29 is 14.3 Å². The highest BCUT2D eigenvalue weighted by Gasteiger charge is 2.26. The van der Waals surface area contributed by atoms with Gasteiger partial charge in [0.25, 0.3) is 0 Å². The molecule has 0 atom stereocenters. The third-order valence-electron chi connectivity index (χ3n) is 7.40. The average Bonchev–Trinajstić information content (AvgIpc) is 3.42. The Balaban J connectivity index is 1.31. The van der Waals surface area contributed by atoms with Gasteiger partial charge in [-0.15, -0.1) is 0 Å². The number of amides is 1. The lowest BCUT2D eigenvalue weighted by molar-refractivity contribution is 0.122. The van der Waals surface area contributed by atoms with E-state index in [-0.39, 0.29) is 6.04 Å². The molecule has 0 spiro atoms. The highest BCUT2D eigenvalue weighted by molar-refractivity contribution is 5.89. The van der Waals surface area contributed by atoms with Gasteiger partial charge < -0.3 is 19.7 Å². The van der Waals surface area contributed by atoms with Crippen LogP contribution in [0.15, 0.2) is 60.8 Å². The topological polar surface area (TPSA) is 97.6 Å². The molecule has 1 N–H and O–H groups in total.